The predicted molar refractivity (Wildman–Crippen MR) is 98.7 cm³/mol. The van der Waals surface area contributed by atoms with Gasteiger partial charge in [0.1, 0.15) is 23.7 Å². The van der Waals surface area contributed by atoms with Crippen LogP contribution in [0, 0.1) is 11.6 Å². The van der Waals surface area contributed by atoms with E-state index < -0.39 is 5.82 Å². The van der Waals surface area contributed by atoms with E-state index in [1.54, 1.807) is 18.2 Å². The van der Waals surface area contributed by atoms with Gasteiger partial charge >= 0.3 is 0 Å². The van der Waals surface area contributed by atoms with E-state index in [2.05, 4.69) is 20.3 Å². The lowest BCUT2D eigenvalue weighted by Crippen LogP contribution is -2.02. The molecule has 26 heavy (non-hydrogen) atoms. The Labute approximate surface area is 153 Å². The van der Waals surface area contributed by atoms with E-state index in [1.165, 1.54) is 43.4 Å². The highest BCUT2D eigenvalue weighted by Crippen LogP contribution is 2.28. The summed E-state index contributed by atoms with van der Waals surface area (Å²) in [7, 11) is 1.45. The number of ether oxygens (including phenoxy) is 1. The highest BCUT2D eigenvalue weighted by atomic mass is 32.2. The summed E-state index contributed by atoms with van der Waals surface area (Å²) in [4.78, 5) is 12.5. The first kappa shape index (κ1) is 18.1. The molecule has 2 aromatic carbocycles. The Morgan fingerprint density at radius 1 is 1.12 bits per heavy atom. The number of benzene rings is 2. The number of thioether (sulfide) groups is 1. The molecule has 0 radical (unpaired) electrons. The maximum Gasteiger partial charge on any atom is 0.230 e. The number of hydrogen-bond donors (Lipinski definition) is 1. The van der Waals surface area contributed by atoms with Crippen molar-refractivity contribution in [1.29, 1.82) is 0 Å². The summed E-state index contributed by atoms with van der Waals surface area (Å²) >= 11 is 1.54. The van der Waals surface area contributed by atoms with Gasteiger partial charge < -0.3 is 10.1 Å². The highest BCUT2D eigenvalue weighted by Gasteiger charge is 2.12. The second kappa shape index (κ2) is 8.09. The lowest BCUT2D eigenvalue weighted by atomic mass is 10.2. The zero-order valence-electron chi connectivity index (χ0n) is 14.2. The number of hydrogen-bond acceptors (Lipinski definition) is 6. The zero-order valence-corrected chi connectivity index (χ0v) is 15.0. The van der Waals surface area contributed by atoms with E-state index in [4.69, 9.17) is 4.74 Å². The molecule has 0 atom stereocenters. The molecule has 3 aromatic rings. The van der Waals surface area contributed by atoms with Gasteiger partial charge in [-0.15, -0.1) is 0 Å². The van der Waals surface area contributed by atoms with Gasteiger partial charge in [0.25, 0.3) is 0 Å². The SMILES string of the molecule is COc1cc(F)ccc1-c1ncnc(Nc2ccc(F)c(CSC)c2)n1. The molecule has 5 nitrogen and oxygen atoms in total. The van der Waals surface area contributed by atoms with Crippen LogP contribution in [0.2, 0.25) is 0 Å². The van der Waals surface area contributed by atoms with E-state index in [-0.39, 0.29) is 5.82 Å². The molecule has 0 bridgehead atoms. The van der Waals surface area contributed by atoms with Gasteiger partial charge in [0.05, 0.1) is 12.7 Å². The molecule has 1 aromatic heterocycles. The molecule has 8 heteroatoms. The van der Waals surface area contributed by atoms with Gasteiger partial charge in [0, 0.05) is 17.5 Å². The largest absolute Gasteiger partial charge is 0.496 e. The Kier molecular flexibility index (Phi) is 5.62. The van der Waals surface area contributed by atoms with E-state index in [0.717, 1.165) is 0 Å². The van der Waals surface area contributed by atoms with Crippen molar-refractivity contribution < 1.29 is 13.5 Å². The molecule has 0 aliphatic carbocycles. The Morgan fingerprint density at radius 3 is 2.73 bits per heavy atom. The first-order chi connectivity index (χ1) is 12.6. The third-order valence-electron chi connectivity index (χ3n) is 3.58. The van der Waals surface area contributed by atoms with Crippen LogP contribution in [0.5, 0.6) is 5.75 Å². The van der Waals surface area contributed by atoms with Crippen LogP contribution < -0.4 is 10.1 Å². The second-order valence-electron chi connectivity index (χ2n) is 5.34. The fraction of sp³-hybridized carbons (Fsp3) is 0.167. The van der Waals surface area contributed by atoms with Crippen LogP contribution in [0.3, 0.4) is 0 Å². The lowest BCUT2D eigenvalue weighted by Gasteiger charge is -2.10. The zero-order chi connectivity index (χ0) is 18.5. The molecule has 0 amide bonds. The number of nitrogens with zero attached hydrogens (tertiary/aromatic N) is 3. The van der Waals surface area contributed by atoms with Crippen molar-refractivity contribution >= 4 is 23.4 Å². The van der Waals surface area contributed by atoms with Crippen LogP contribution in [0.15, 0.2) is 42.7 Å². The average molecular weight is 374 g/mol. The summed E-state index contributed by atoms with van der Waals surface area (Å²) in [6.45, 7) is 0. The smallest absolute Gasteiger partial charge is 0.230 e. The first-order valence-corrected chi connectivity index (χ1v) is 9.07. The van der Waals surface area contributed by atoms with Crippen LogP contribution in [-0.4, -0.2) is 28.3 Å². The predicted octanol–water partition coefficient (Wildman–Crippen LogP) is 4.43. The fourth-order valence-electron chi connectivity index (χ4n) is 2.38. The van der Waals surface area contributed by atoms with E-state index in [0.29, 0.717) is 40.1 Å². The van der Waals surface area contributed by atoms with Crippen molar-refractivity contribution in [2.45, 2.75) is 5.75 Å². The number of anilines is 2. The summed E-state index contributed by atoms with van der Waals surface area (Å²) in [6, 6.07) is 8.85. The van der Waals surface area contributed by atoms with Gasteiger partial charge in [-0.3, -0.25) is 0 Å². The second-order valence-corrected chi connectivity index (χ2v) is 6.21. The summed E-state index contributed by atoms with van der Waals surface area (Å²) in [6.07, 6.45) is 3.26. The standard InChI is InChI=1S/C18H16F2N4OS/c1-25-16-8-12(19)3-5-14(16)17-21-10-22-18(24-17)23-13-4-6-15(20)11(7-13)9-26-2/h3-8,10H,9H2,1-2H3,(H,21,22,23,24). The van der Waals surface area contributed by atoms with Crippen molar-refractivity contribution in [3.63, 3.8) is 0 Å². The number of methoxy groups -OCH3 is 1. The number of nitrogens with one attached hydrogen (secondary N) is 1. The van der Waals surface area contributed by atoms with Crippen molar-refractivity contribution in [2.75, 3.05) is 18.7 Å². The number of rotatable bonds is 6. The van der Waals surface area contributed by atoms with Crippen LogP contribution >= 0.6 is 11.8 Å². The molecule has 0 saturated heterocycles. The van der Waals surface area contributed by atoms with Gasteiger partial charge in [0.2, 0.25) is 5.95 Å². The average Bonchev–Trinajstić information content (AvgIpc) is 2.65. The van der Waals surface area contributed by atoms with Gasteiger partial charge in [-0.1, -0.05) is 0 Å². The summed E-state index contributed by atoms with van der Waals surface area (Å²) < 4.78 is 32.3. The van der Waals surface area contributed by atoms with Gasteiger partial charge in [-0.2, -0.15) is 16.7 Å². The molecule has 3 rings (SSSR count). The molecule has 0 spiro atoms. The van der Waals surface area contributed by atoms with E-state index in [1.807, 2.05) is 6.26 Å². The molecule has 1 N–H and O–H groups in total. The Morgan fingerprint density at radius 2 is 1.96 bits per heavy atom. The van der Waals surface area contributed by atoms with Crippen molar-refractivity contribution in [3.8, 4) is 17.1 Å². The molecule has 1 heterocycles. The van der Waals surface area contributed by atoms with Crippen molar-refractivity contribution in [3.05, 3.63) is 59.9 Å². The van der Waals surface area contributed by atoms with Crippen LogP contribution in [0.25, 0.3) is 11.4 Å². The minimum atomic E-state index is -0.411. The normalized spacial score (nSPS) is 10.6. The fourth-order valence-corrected chi connectivity index (χ4v) is 2.92. The third-order valence-corrected chi connectivity index (χ3v) is 4.18. The van der Waals surface area contributed by atoms with Crippen LogP contribution in [-0.2, 0) is 5.75 Å². The lowest BCUT2D eigenvalue weighted by molar-refractivity contribution is 0.412. The molecule has 0 fully saturated rings. The van der Waals surface area contributed by atoms with Crippen LogP contribution in [0.4, 0.5) is 20.4 Å². The maximum atomic E-state index is 13.8. The molecule has 0 saturated carbocycles. The summed E-state index contributed by atoms with van der Waals surface area (Å²) in [5.41, 5.74) is 1.80. The summed E-state index contributed by atoms with van der Waals surface area (Å²) in [5.74, 6) is 0.861. The number of halogens is 2. The summed E-state index contributed by atoms with van der Waals surface area (Å²) in [5, 5.41) is 3.04. The molecule has 0 aliphatic heterocycles. The minimum Gasteiger partial charge on any atom is -0.496 e. The molecular weight excluding hydrogens is 358 g/mol. The Balaban J connectivity index is 1.90. The third kappa shape index (κ3) is 4.08. The van der Waals surface area contributed by atoms with Gasteiger partial charge in [0.15, 0.2) is 5.82 Å². The molecular formula is C18H16F2N4OS. The highest BCUT2D eigenvalue weighted by molar-refractivity contribution is 7.97. The van der Waals surface area contributed by atoms with Crippen LogP contribution in [0.1, 0.15) is 5.56 Å². The quantitative estimate of drug-likeness (QED) is 0.689. The van der Waals surface area contributed by atoms with Crippen molar-refractivity contribution in [2.24, 2.45) is 0 Å². The minimum absolute atomic E-state index is 0.253. The van der Waals surface area contributed by atoms with Gasteiger partial charge in [-0.25, -0.2) is 18.7 Å². The number of aromatic nitrogens is 3. The van der Waals surface area contributed by atoms with Crippen molar-refractivity contribution in [1.82, 2.24) is 15.0 Å². The Hall–Kier alpha value is -2.74. The van der Waals surface area contributed by atoms with Gasteiger partial charge in [-0.05, 0) is 42.2 Å². The molecule has 0 aliphatic rings. The van der Waals surface area contributed by atoms with E-state index in [9.17, 15) is 8.78 Å². The Bertz CT molecular complexity index is 923. The molecule has 134 valence electrons. The van der Waals surface area contributed by atoms with E-state index >= 15 is 0 Å². The monoisotopic (exact) mass is 374 g/mol. The maximum absolute atomic E-state index is 13.8. The molecule has 0 unspecified atom stereocenters. The first-order valence-electron chi connectivity index (χ1n) is 7.68. The topological polar surface area (TPSA) is 59.9 Å².